The minimum atomic E-state index is -0.160. The quantitative estimate of drug-likeness (QED) is 0.349. The van der Waals surface area contributed by atoms with Crippen molar-refractivity contribution in [2.24, 2.45) is 5.92 Å². The Morgan fingerprint density at radius 2 is 1.61 bits per heavy atom. The van der Waals surface area contributed by atoms with Crippen molar-refractivity contribution in [1.82, 2.24) is 4.90 Å². The molecule has 33 heavy (non-hydrogen) atoms. The van der Waals surface area contributed by atoms with Crippen molar-refractivity contribution >= 4 is 22.7 Å². The van der Waals surface area contributed by atoms with Crippen LogP contribution in [0.4, 0.5) is 5.69 Å². The molecule has 1 amide bonds. The fraction of sp³-hybridized carbons (Fsp3) is 0.250. The van der Waals surface area contributed by atoms with E-state index in [1.54, 1.807) is 24.3 Å². The zero-order chi connectivity index (χ0) is 23.2. The molecule has 3 aromatic rings. The van der Waals surface area contributed by atoms with Crippen LogP contribution in [-0.2, 0) is 4.79 Å². The Kier molecular flexibility index (Phi) is 7.10. The van der Waals surface area contributed by atoms with E-state index >= 15 is 0 Å². The summed E-state index contributed by atoms with van der Waals surface area (Å²) in [5, 5.41) is 12.8. The average molecular weight is 443 g/mol. The molecule has 3 aromatic carbocycles. The van der Waals surface area contributed by atoms with Crippen LogP contribution in [-0.4, -0.2) is 43.2 Å². The molecule has 4 rings (SSSR count). The normalized spacial score (nSPS) is 14.0. The number of carbonyl (C=O) groups excluding carboxylic acids is 1. The molecule has 2 N–H and O–H groups in total. The van der Waals surface area contributed by atoms with Gasteiger partial charge in [-0.05, 0) is 86.0 Å². The smallest absolute Gasteiger partial charge is 0.256 e. The third-order valence-corrected chi connectivity index (χ3v) is 5.64. The largest absolute Gasteiger partial charge is 0.508 e. The van der Waals surface area contributed by atoms with Gasteiger partial charge in [-0.2, -0.15) is 0 Å². The van der Waals surface area contributed by atoms with Crippen LogP contribution in [0, 0.1) is 5.92 Å². The Morgan fingerprint density at radius 1 is 0.939 bits per heavy atom. The van der Waals surface area contributed by atoms with E-state index in [1.807, 2.05) is 56.6 Å². The van der Waals surface area contributed by atoms with Crippen LogP contribution in [0.5, 0.6) is 11.5 Å². The first kappa shape index (κ1) is 22.6. The fourth-order valence-corrected chi connectivity index (χ4v) is 3.79. The summed E-state index contributed by atoms with van der Waals surface area (Å²) >= 11 is 0. The van der Waals surface area contributed by atoms with E-state index in [2.05, 4.69) is 22.3 Å². The van der Waals surface area contributed by atoms with Crippen molar-refractivity contribution < 1.29 is 14.6 Å². The third kappa shape index (κ3) is 6.02. The summed E-state index contributed by atoms with van der Waals surface area (Å²) in [5.41, 5.74) is 4.26. The number of anilines is 1. The lowest BCUT2D eigenvalue weighted by atomic mass is 9.90. The molecule has 1 fully saturated rings. The third-order valence-electron chi connectivity index (χ3n) is 5.64. The number of benzene rings is 3. The van der Waals surface area contributed by atoms with Crippen molar-refractivity contribution in [2.45, 2.75) is 12.8 Å². The SMILES string of the molecule is CN(C)CCOc1ccc(NC(=O)C(=C(c2ccccc2)C2CC2)c2ccc(O)cc2)cc1. The molecule has 0 unspecified atom stereocenters. The highest BCUT2D eigenvalue weighted by molar-refractivity contribution is 6.31. The Labute approximate surface area is 195 Å². The molecular formula is C28H30N2O3. The second kappa shape index (κ2) is 10.4. The summed E-state index contributed by atoms with van der Waals surface area (Å²) in [4.78, 5) is 15.7. The van der Waals surface area contributed by atoms with Gasteiger partial charge in [-0.3, -0.25) is 4.79 Å². The number of nitrogens with zero attached hydrogens (tertiary/aromatic N) is 1. The van der Waals surface area contributed by atoms with E-state index in [-0.39, 0.29) is 11.7 Å². The van der Waals surface area contributed by atoms with Crippen molar-refractivity contribution in [2.75, 3.05) is 32.6 Å². The minimum Gasteiger partial charge on any atom is -0.508 e. The van der Waals surface area contributed by atoms with Crippen molar-refractivity contribution in [3.8, 4) is 11.5 Å². The maximum absolute atomic E-state index is 13.6. The highest BCUT2D eigenvalue weighted by Crippen LogP contribution is 2.46. The molecule has 0 saturated heterocycles. The summed E-state index contributed by atoms with van der Waals surface area (Å²) in [7, 11) is 4.01. The van der Waals surface area contributed by atoms with Gasteiger partial charge in [-0.1, -0.05) is 42.5 Å². The molecule has 0 bridgehead atoms. The molecule has 1 aliphatic rings. The van der Waals surface area contributed by atoms with Gasteiger partial charge in [-0.25, -0.2) is 0 Å². The van der Waals surface area contributed by atoms with Gasteiger partial charge >= 0.3 is 0 Å². The zero-order valence-electron chi connectivity index (χ0n) is 19.1. The van der Waals surface area contributed by atoms with E-state index in [1.165, 1.54) is 0 Å². The molecule has 0 spiro atoms. The van der Waals surface area contributed by atoms with Gasteiger partial charge in [-0.15, -0.1) is 0 Å². The number of carbonyl (C=O) groups is 1. The Morgan fingerprint density at radius 3 is 2.21 bits per heavy atom. The minimum absolute atomic E-state index is 0.160. The number of hydrogen-bond acceptors (Lipinski definition) is 4. The molecule has 0 atom stereocenters. The van der Waals surface area contributed by atoms with Crippen LogP contribution in [0.3, 0.4) is 0 Å². The van der Waals surface area contributed by atoms with E-state index in [0.717, 1.165) is 41.8 Å². The lowest BCUT2D eigenvalue weighted by Gasteiger charge is -2.17. The number of likely N-dealkylation sites (N-methyl/N-ethyl adjacent to an activating group) is 1. The first-order valence-electron chi connectivity index (χ1n) is 11.3. The molecule has 5 heteroatoms. The van der Waals surface area contributed by atoms with Crippen LogP contribution in [0.1, 0.15) is 24.0 Å². The summed E-state index contributed by atoms with van der Waals surface area (Å²) < 4.78 is 5.75. The maximum Gasteiger partial charge on any atom is 0.256 e. The lowest BCUT2D eigenvalue weighted by Crippen LogP contribution is -2.19. The Balaban J connectivity index is 1.62. The summed E-state index contributed by atoms with van der Waals surface area (Å²) in [5.74, 6) is 1.14. The number of nitrogens with one attached hydrogen (secondary N) is 1. The number of phenolic OH excluding ortho intramolecular Hbond substituents is 1. The second-order valence-corrected chi connectivity index (χ2v) is 8.61. The van der Waals surface area contributed by atoms with Crippen LogP contribution in [0.15, 0.2) is 78.9 Å². The van der Waals surface area contributed by atoms with Gasteiger partial charge in [0.15, 0.2) is 0 Å². The van der Waals surface area contributed by atoms with Crippen molar-refractivity contribution in [3.05, 3.63) is 90.0 Å². The number of aromatic hydroxyl groups is 1. The van der Waals surface area contributed by atoms with Gasteiger partial charge in [0.1, 0.15) is 18.1 Å². The second-order valence-electron chi connectivity index (χ2n) is 8.61. The molecule has 0 heterocycles. The van der Waals surface area contributed by atoms with E-state index < -0.39 is 0 Å². The van der Waals surface area contributed by atoms with Gasteiger partial charge in [0.05, 0.1) is 5.57 Å². The topological polar surface area (TPSA) is 61.8 Å². The molecule has 1 aliphatic carbocycles. The van der Waals surface area contributed by atoms with E-state index in [4.69, 9.17) is 4.74 Å². The molecular weight excluding hydrogens is 412 g/mol. The standard InChI is InChI=1S/C28H30N2O3/c1-30(2)18-19-33-25-16-12-23(13-17-25)29-28(32)27(22-10-14-24(31)15-11-22)26(21-8-9-21)20-6-4-3-5-7-20/h3-7,10-17,21,31H,8-9,18-19H2,1-2H3,(H,29,32). The Hall–Kier alpha value is -3.57. The first-order chi connectivity index (χ1) is 16.0. The van der Waals surface area contributed by atoms with Crippen LogP contribution in [0.25, 0.3) is 11.1 Å². The number of hydrogen-bond donors (Lipinski definition) is 2. The number of ether oxygens (including phenoxy) is 1. The van der Waals surface area contributed by atoms with E-state index in [0.29, 0.717) is 23.8 Å². The highest BCUT2D eigenvalue weighted by atomic mass is 16.5. The molecule has 5 nitrogen and oxygen atoms in total. The number of allylic oxidation sites excluding steroid dienone is 1. The molecule has 1 saturated carbocycles. The number of phenols is 1. The van der Waals surface area contributed by atoms with Crippen LogP contribution < -0.4 is 10.1 Å². The molecule has 0 radical (unpaired) electrons. The van der Waals surface area contributed by atoms with Gasteiger partial charge in [0, 0.05) is 12.2 Å². The molecule has 0 aliphatic heterocycles. The van der Waals surface area contributed by atoms with Gasteiger partial charge in [0.2, 0.25) is 0 Å². The van der Waals surface area contributed by atoms with Gasteiger partial charge < -0.3 is 20.1 Å². The van der Waals surface area contributed by atoms with E-state index in [9.17, 15) is 9.90 Å². The number of rotatable bonds is 9. The van der Waals surface area contributed by atoms with Crippen molar-refractivity contribution in [3.63, 3.8) is 0 Å². The highest BCUT2D eigenvalue weighted by Gasteiger charge is 2.32. The first-order valence-corrected chi connectivity index (χ1v) is 11.3. The summed E-state index contributed by atoms with van der Waals surface area (Å²) in [6, 6.07) is 24.4. The predicted molar refractivity (Wildman–Crippen MR) is 133 cm³/mol. The number of amides is 1. The monoisotopic (exact) mass is 442 g/mol. The Bertz CT molecular complexity index is 1100. The van der Waals surface area contributed by atoms with Crippen LogP contribution in [0.2, 0.25) is 0 Å². The molecule has 0 aromatic heterocycles. The van der Waals surface area contributed by atoms with Crippen molar-refractivity contribution in [1.29, 1.82) is 0 Å². The lowest BCUT2D eigenvalue weighted by molar-refractivity contribution is -0.111. The summed E-state index contributed by atoms with van der Waals surface area (Å²) in [6.07, 6.45) is 2.14. The predicted octanol–water partition coefficient (Wildman–Crippen LogP) is 5.29. The maximum atomic E-state index is 13.6. The van der Waals surface area contributed by atoms with Crippen LogP contribution >= 0.6 is 0 Å². The zero-order valence-corrected chi connectivity index (χ0v) is 19.1. The summed E-state index contributed by atoms with van der Waals surface area (Å²) in [6.45, 7) is 1.44. The molecule has 170 valence electrons. The average Bonchev–Trinajstić information content (AvgIpc) is 3.65. The fourth-order valence-electron chi connectivity index (χ4n) is 3.79. The van der Waals surface area contributed by atoms with Gasteiger partial charge in [0.25, 0.3) is 5.91 Å².